The van der Waals surface area contributed by atoms with E-state index in [1.54, 1.807) is 12.1 Å². The van der Waals surface area contributed by atoms with E-state index in [1.165, 1.54) is 6.07 Å². The third kappa shape index (κ3) is 3.68. The van der Waals surface area contributed by atoms with Gasteiger partial charge in [-0.2, -0.15) is 0 Å². The minimum Gasteiger partial charge on any atom is -1.00 e. The van der Waals surface area contributed by atoms with Gasteiger partial charge in [-0.15, -0.1) is 0 Å². The van der Waals surface area contributed by atoms with Crippen molar-refractivity contribution in [2.24, 2.45) is 0 Å². The largest absolute Gasteiger partial charge is 1.00 e. The number of nitro benzene ring substituents is 1. The second-order valence-corrected chi connectivity index (χ2v) is 5.29. The second kappa shape index (κ2) is 7.23. The van der Waals surface area contributed by atoms with Crippen molar-refractivity contribution >= 4 is 16.7 Å². The zero-order valence-corrected chi connectivity index (χ0v) is 13.5. The molecule has 3 aromatic rings. The van der Waals surface area contributed by atoms with Gasteiger partial charge in [-0.05, 0) is 12.5 Å². The van der Waals surface area contributed by atoms with Crippen LogP contribution in [-0.4, -0.2) is 19.5 Å². The molecule has 0 aliphatic heterocycles. The van der Waals surface area contributed by atoms with Crippen molar-refractivity contribution in [2.75, 3.05) is 0 Å². The molecule has 0 bridgehead atoms. The molecule has 23 heavy (non-hydrogen) atoms. The Kier molecular flexibility index (Phi) is 5.33. The molecule has 0 aliphatic rings. The highest BCUT2D eigenvalue weighted by Gasteiger charge is 2.16. The molecule has 2 aromatic heterocycles. The van der Waals surface area contributed by atoms with Gasteiger partial charge in [0.2, 0.25) is 6.33 Å². The number of nitrogens with zero attached hydrogens (tertiary/aromatic N) is 4. The summed E-state index contributed by atoms with van der Waals surface area (Å²) in [5.41, 5.74) is 1.13. The molecule has 0 spiro atoms. The Bertz CT molecular complexity index is 811. The lowest BCUT2D eigenvalue weighted by Crippen LogP contribution is -3.00. The van der Waals surface area contributed by atoms with E-state index in [4.69, 9.17) is 0 Å². The first kappa shape index (κ1) is 17.0. The van der Waals surface area contributed by atoms with Crippen LogP contribution < -0.4 is 17.0 Å². The molecule has 0 unspecified atom stereocenters. The molecular formula is C15H18ClN5O2. The van der Waals surface area contributed by atoms with Crippen molar-refractivity contribution in [2.45, 2.75) is 32.9 Å². The average Bonchev–Trinajstić information content (AvgIpc) is 3.10. The number of hydrogen-bond donors (Lipinski definition) is 1. The van der Waals surface area contributed by atoms with E-state index in [2.05, 4.69) is 21.5 Å². The number of aryl methyl sites for hydroxylation is 1. The maximum Gasteiger partial charge on any atom is 0.297 e. The number of fused-ring (bicyclic) bond motifs is 1. The van der Waals surface area contributed by atoms with Gasteiger partial charge in [-0.1, -0.05) is 19.4 Å². The molecule has 3 rings (SSSR count). The standard InChI is InChI=1S/C15H18N5O2.ClH/c1-2-3-7-18-8-9-19(11-18)10-14-16-12-5-4-6-13(20(21)22)15(12)17-14;/h4-6,8-9,11H,2-3,7,10H2,1H3,(H,16,17);1H/q+1;/p-1. The Balaban J connectivity index is 0.00000192. The van der Waals surface area contributed by atoms with Crippen LogP contribution in [0.15, 0.2) is 36.9 Å². The Morgan fingerprint density at radius 2 is 2.26 bits per heavy atom. The Hall–Kier alpha value is -2.41. The van der Waals surface area contributed by atoms with Gasteiger partial charge in [-0.3, -0.25) is 10.1 Å². The Morgan fingerprint density at radius 3 is 3.00 bits per heavy atom. The fraction of sp³-hybridized carbons (Fsp3) is 0.333. The van der Waals surface area contributed by atoms with E-state index in [-0.39, 0.29) is 18.1 Å². The van der Waals surface area contributed by atoms with Crippen molar-refractivity contribution < 1.29 is 21.9 Å². The summed E-state index contributed by atoms with van der Waals surface area (Å²) in [6.07, 6.45) is 8.34. The maximum absolute atomic E-state index is 11.0. The summed E-state index contributed by atoms with van der Waals surface area (Å²) in [7, 11) is 0. The Morgan fingerprint density at radius 1 is 1.43 bits per heavy atom. The summed E-state index contributed by atoms with van der Waals surface area (Å²) in [5.74, 6) is 0.711. The number of rotatable bonds is 6. The summed E-state index contributed by atoms with van der Waals surface area (Å²) in [6, 6.07) is 4.94. The molecule has 1 N–H and O–H groups in total. The first-order chi connectivity index (χ1) is 10.7. The highest BCUT2D eigenvalue weighted by Crippen LogP contribution is 2.22. The normalized spacial score (nSPS) is 10.7. The number of benzene rings is 1. The van der Waals surface area contributed by atoms with E-state index < -0.39 is 4.92 Å². The minimum atomic E-state index is -0.401. The number of aromatic amines is 1. The van der Waals surface area contributed by atoms with E-state index >= 15 is 0 Å². The summed E-state index contributed by atoms with van der Waals surface area (Å²) in [6.45, 7) is 3.72. The molecule has 0 saturated heterocycles. The number of halogens is 1. The van der Waals surface area contributed by atoms with Gasteiger partial charge in [0, 0.05) is 6.07 Å². The van der Waals surface area contributed by atoms with Crippen molar-refractivity contribution in [1.29, 1.82) is 0 Å². The molecule has 2 heterocycles. The van der Waals surface area contributed by atoms with Crippen LogP contribution >= 0.6 is 0 Å². The average molecular weight is 336 g/mol. The number of nitro groups is 1. The van der Waals surface area contributed by atoms with E-state index in [0.717, 1.165) is 19.4 Å². The number of imidazole rings is 2. The number of unbranched alkanes of at least 4 members (excludes halogenated alkanes) is 1. The molecule has 0 atom stereocenters. The number of non-ortho nitro benzene ring substituents is 1. The van der Waals surface area contributed by atoms with Crippen LogP contribution in [0, 0.1) is 10.1 Å². The first-order valence-electron chi connectivity index (χ1n) is 7.34. The lowest BCUT2D eigenvalue weighted by Gasteiger charge is -1.93. The maximum atomic E-state index is 11.0. The fourth-order valence-corrected chi connectivity index (χ4v) is 2.47. The highest BCUT2D eigenvalue weighted by molar-refractivity contribution is 5.84. The van der Waals surface area contributed by atoms with Crippen LogP contribution in [0.3, 0.4) is 0 Å². The monoisotopic (exact) mass is 335 g/mol. The van der Waals surface area contributed by atoms with Gasteiger partial charge in [0.15, 0.2) is 5.52 Å². The molecule has 0 aliphatic carbocycles. The second-order valence-electron chi connectivity index (χ2n) is 5.29. The first-order valence-corrected chi connectivity index (χ1v) is 7.34. The summed E-state index contributed by atoms with van der Waals surface area (Å²) < 4.78 is 4.15. The van der Waals surface area contributed by atoms with Crippen molar-refractivity contribution in [3.63, 3.8) is 0 Å². The predicted molar refractivity (Wildman–Crippen MR) is 81.4 cm³/mol. The van der Waals surface area contributed by atoms with Gasteiger partial charge in [-0.25, -0.2) is 14.1 Å². The van der Waals surface area contributed by atoms with Crippen molar-refractivity contribution in [3.05, 3.63) is 52.9 Å². The van der Waals surface area contributed by atoms with Crippen LogP contribution in [-0.2, 0) is 13.1 Å². The molecule has 7 nitrogen and oxygen atoms in total. The molecule has 8 heteroatoms. The van der Waals surface area contributed by atoms with Gasteiger partial charge < -0.3 is 17.4 Å². The smallest absolute Gasteiger partial charge is 0.297 e. The molecule has 0 radical (unpaired) electrons. The third-order valence-electron chi connectivity index (χ3n) is 3.59. The van der Waals surface area contributed by atoms with E-state index in [9.17, 15) is 10.1 Å². The SMILES string of the molecule is CCCCn1cc[n+](Cc2nc3c([N+](=O)[O-])cccc3[nH]2)c1.[Cl-]. The third-order valence-corrected chi connectivity index (χ3v) is 3.59. The van der Waals surface area contributed by atoms with Gasteiger partial charge in [0.05, 0.1) is 17.0 Å². The van der Waals surface area contributed by atoms with Crippen LogP contribution in [0.4, 0.5) is 5.69 Å². The summed E-state index contributed by atoms with van der Waals surface area (Å²) in [4.78, 5) is 18.1. The summed E-state index contributed by atoms with van der Waals surface area (Å²) in [5, 5.41) is 11.0. The van der Waals surface area contributed by atoms with Gasteiger partial charge in [0.25, 0.3) is 5.69 Å². The van der Waals surface area contributed by atoms with Gasteiger partial charge >= 0.3 is 0 Å². The van der Waals surface area contributed by atoms with Crippen LogP contribution in [0.5, 0.6) is 0 Å². The zero-order chi connectivity index (χ0) is 15.5. The Labute approximate surface area is 139 Å². The van der Waals surface area contributed by atoms with Gasteiger partial charge in [0.1, 0.15) is 24.8 Å². The van der Waals surface area contributed by atoms with E-state index in [1.807, 2.05) is 23.3 Å². The summed E-state index contributed by atoms with van der Waals surface area (Å²) >= 11 is 0. The minimum absolute atomic E-state index is 0. The molecule has 0 saturated carbocycles. The van der Waals surface area contributed by atoms with Crippen LogP contribution in [0.1, 0.15) is 25.6 Å². The molecule has 0 fully saturated rings. The number of hydrogen-bond acceptors (Lipinski definition) is 3. The number of H-pyrrole nitrogens is 1. The van der Waals surface area contributed by atoms with E-state index in [0.29, 0.717) is 23.4 Å². The van der Waals surface area contributed by atoms with Crippen molar-refractivity contribution in [3.8, 4) is 0 Å². The predicted octanol–water partition coefficient (Wildman–Crippen LogP) is -0.587. The molecule has 1 aromatic carbocycles. The molecule has 122 valence electrons. The van der Waals surface area contributed by atoms with Crippen molar-refractivity contribution in [1.82, 2.24) is 14.5 Å². The number of nitrogens with one attached hydrogen (secondary N) is 1. The fourth-order valence-electron chi connectivity index (χ4n) is 2.47. The molecule has 0 amide bonds. The lowest BCUT2D eigenvalue weighted by atomic mass is 10.3. The molecular weight excluding hydrogens is 318 g/mol. The highest BCUT2D eigenvalue weighted by atomic mass is 35.5. The van der Waals surface area contributed by atoms with Crippen LogP contribution in [0.2, 0.25) is 0 Å². The number of aromatic nitrogens is 4. The topological polar surface area (TPSA) is 80.6 Å². The number of para-hydroxylation sites is 1. The lowest BCUT2D eigenvalue weighted by molar-refractivity contribution is -0.688. The van der Waals surface area contributed by atoms with Crippen LogP contribution in [0.25, 0.3) is 11.0 Å². The zero-order valence-electron chi connectivity index (χ0n) is 12.8. The quantitative estimate of drug-likeness (QED) is 0.371.